The molecule has 2 aliphatic heterocycles. The Bertz CT molecular complexity index is 386. The van der Waals surface area contributed by atoms with Gasteiger partial charge in [-0.25, -0.2) is 0 Å². The van der Waals surface area contributed by atoms with Crippen LogP contribution in [0.1, 0.15) is 47.0 Å². The lowest BCUT2D eigenvalue weighted by atomic mass is 9.60. The van der Waals surface area contributed by atoms with Gasteiger partial charge in [0.2, 0.25) is 0 Å². The molecule has 0 spiro atoms. The summed E-state index contributed by atoms with van der Waals surface area (Å²) in [4.78, 5) is 0.576. The van der Waals surface area contributed by atoms with E-state index in [1.807, 2.05) is 0 Å². The third-order valence-corrected chi connectivity index (χ3v) is 8.18. The number of alkyl halides is 2. The van der Waals surface area contributed by atoms with E-state index in [1.54, 1.807) is 0 Å². The van der Waals surface area contributed by atoms with Crippen molar-refractivity contribution in [3.05, 3.63) is 0 Å². The fraction of sp³-hybridized carbons (Fsp3) is 1.00. The minimum atomic E-state index is -0.0677. The molecule has 3 aliphatic rings. The van der Waals surface area contributed by atoms with Crippen LogP contribution in [0.25, 0.3) is 0 Å². The third-order valence-electron chi connectivity index (χ3n) is 5.96. The number of rotatable bonds is 1. The molecule has 3 fully saturated rings. The van der Waals surface area contributed by atoms with Crippen molar-refractivity contribution in [3.63, 3.8) is 0 Å². The van der Waals surface area contributed by atoms with E-state index in [0.29, 0.717) is 16.8 Å². The maximum atomic E-state index is 6.60. The zero-order chi connectivity index (χ0) is 14.1. The van der Waals surface area contributed by atoms with Crippen LogP contribution in [-0.4, -0.2) is 33.6 Å². The van der Waals surface area contributed by atoms with Gasteiger partial charge in [0.25, 0.3) is 0 Å². The molecule has 2 saturated heterocycles. The van der Waals surface area contributed by atoms with Crippen molar-refractivity contribution in [1.29, 1.82) is 0 Å². The highest BCUT2D eigenvalue weighted by Gasteiger charge is 2.66. The first-order valence-electron chi connectivity index (χ1n) is 7.30. The number of ether oxygens (including phenoxy) is 2. The first-order valence-corrected chi connectivity index (χ1v) is 9.33. The summed E-state index contributed by atoms with van der Waals surface area (Å²) in [7, 11) is 0. The predicted molar refractivity (Wildman–Crippen MR) is 84.2 cm³/mol. The third kappa shape index (κ3) is 2.08. The molecule has 2 nitrogen and oxygen atoms in total. The standard InChI is InChI=1S/C15H24Br2O2/c1-13(2)9-7-11-15(4,19-11)12(8-16)18-14(9,3)6-5-10(13)17/h9-12H,5-8H2,1-4H3. The van der Waals surface area contributed by atoms with Crippen LogP contribution in [0.2, 0.25) is 0 Å². The summed E-state index contributed by atoms with van der Waals surface area (Å²) in [6, 6.07) is 0. The highest BCUT2D eigenvalue weighted by Crippen LogP contribution is 2.59. The summed E-state index contributed by atoms with van der Waals surface area (Å²) in [5.41, 5.74) is 0.175. The predicted octanol–water partition coefficient (Wildman–Crippen LogP) is 4.29. The van der Waals surface area contributed by atoms with Gasteiger partial charge in [-0.3, -0.25) is 0 Å². The number of hydrogen-bond donors (Lipinski definition) is 0. The van der Waals surface area contributed by atoms with Crippen LogP contribution in [0.3, 0.4) is 0 Å². The molecule has 0 aromatic carbocycles. The van der Waals surface area contributed by atoms with Gasteiger partial charge in [-0.05, 0) is 44.4 Å². The first kappa shape index (κ1) is 14.8. The van der Waals surface area contributed by atoms with E-state index >= 15 is 0 Å². The van der Waals surface area contributed by atoms with Crippen molar-refractivity contribution in [3.8, 4) is 0 Å². The summed E-state index contributed by atoms with van der Waals surface area (Å²) in [6.45, 7) is 9.29. The van der Waals surface area contributed by atoms with E-state index in [2.05, 4.69) is 59.6 Å². The van der Waals surface area contributed by atoms with E-state index < -0.39 is 0 Å². The van der Waals surface area contributed by atoms with Crippen LogP contribution in [0, 0.1) is 11.3 Å². The van der Waals surface area contributed by atoms with E-state index in [-0.39, 0.29) is 22.7 Å². The zero-order valence-corrected chi connectivity index (χ0v) is 15.4. The molecule has 6 atom stereocenters. The molecule has 1 aliphatic carbocycles. The van der Waals surface area contributed by atoms with Crippen molar-refractivity contribution < 1.29 is 9.47 Å². The number of hydrogen-bond acceptors (Lipinski definition) is 2. The molecule has 110 valence electrons. The molecule has 3 rings (SSSR count). The molecule has 0 amide bonds. The van der Waals surface area contributed by atoms with Gasteiger partial charge in [-0.15, -0.1) is 0 Å². The smallest absolute Gasteiger partial charge is 0.119 e. The average molecular weight is 396 g/mol. The van der Waals surface area contributed by atoms with Crippen LogP contribution >= 0.6 is 31.9 Å². The number of halogens is 2. The van der Waals surface area contributed by atoms with Crippen LogP contribution in [0.5, 0.6) is 0 Å². The van der Waals surface area contributed by atoms with Gasteiger partial charge >= 0.3 is 0 Å². The van der Waals surface area contributed by atoms with Crippen LogP contribution in [0.4, 0.5) is 0 Å². The van der Waals surface area contributed by atoms with E-state index in [1.165, 1.54) is 6.42 Å². The summed E-state index contributed by atoms with van der Waals surface area (Å²) in [6.07, 6.45) is 4.01. The van der Waals surface area contributed by atoms with E-state index in [0.717, 1.165) is 18.2 Å². The maximum absolute atomic E-state index is 6.60. The van der Waals surface area contributed by atoms with Gasteiger partial charge in [-0.2, -0.15) is 0 Å². The second kappa shape index (κ2) is 4.44. The Kier molecular flexibility index (Phi) is 3.46. The lowest BCUT2D eigenvalue weighted by Crippen LogP contribution is -2.54. The SMILES string of the molecule is CC12CCC(Br)C(C)(C)C1CC1OC1(C)C(CBr)O2. The minimum Gasteiger partial charge on any atom is -0.368 e. The molecule has 0 N–H and O–H groups in total. The fourth-order valence-electron chi connectivity index (χ4n) is 4.34. The molecule has 6 unspecified atom stereocenters. The summed E-state index contributed by atoms with van der Waals surface area (Å²) in [5.74, 6) is 0.550. The molecule has 0 bridgehead atoms. The molecule has 0 aromatic rings. The molecule has 2 heterocycles. The van der Waals surface area contributed by atoms with Gasteiger partial charge in [0.15, 0.2) is 0 Å². The Labute approximate surface area is 133 Å². The van der Waals surface area contributed by atoms with Gasteiger partial charge in [0.05, 0.1) is 17.8 Å². The van der Waals surface area contributed by atoms with Crippen molar-refractivity contribution in [1.82, 2.24) is 0 Å². The molecule has 4 heteroatoms. The summed E-state index contributed by atoms with van der Waals surface area (Å²) >= 11 is 7.51. The zero-order valence-electron chi connectivity index (χ0n) is 12.2. The second-order valence-electron chi connectivity index (χ2n) is 7.48. The highest BCUT2D eigenvalue weighted by atomic mass is 79.9. The Hall–Kier alpha value is 0.880. The van der Waals surface area contributed by atoms with Gasteiger partial charge in [0, 0.05) is 10.2 Å². The Morgan fingerprint density at radius 2 is 1.84 bits per heavy atom. The Balaban J connectivity index is 1.95. The summed E-state index contributed by atoms with van der Waals surface area (Å²) in [5, 5.41) is 0.862. The first-order chi connectivity index (χ1) is 8.74. The quantitative estimate of drug-likeness (QED) is 0.488. The lowest BCUT2D eigenvalue weighted by Gasteiger charge is -2.53. The molecule has 0 aromatic heterocycles. The van der Waals surface area contributed by atoms with Crippen molar-refractivity contribution in [2.45, 2.75) is 75.2 Å². The van der Waals surface area contributed by atoms with Crippen molar-refractivity contribution >= 4 is 31.9 Å². The molecule has 19 heavy (non-hydrogen) atoms. The number of epoxide rings is 1. The average Bonchev–Trinajstić information content (AvgIpc) is 3.00. The normalized spacial score (nSPS) is 55.9. The summed E-state index contributed by atoms with van der Waals surface area (Å²) < 4.78 is 12.6. The molecule has 0 radical (unpaired) electrons. The van der Waals surface area contributed by atoms with Gasteiger partial charge in [0.1, 0.15) is 5.60 Å². The second-order valence-corrected chi connectivity index (χ2v) is 9.23. The molecule has 1 saturated carbocycles. The highest BCUT2D eigenvalue weighted by molar-refractivity contribution is 9.09. The van der Waals surface area contributed by atoms with E-state index in [9.17, 15) is 0 Å². The lowest BCUT2D eigenvalue weighted by molar-refractivity contribution is -0.169. The number of fused-ring (bicyclic) bond motifs is 2. The van der Waals surface area contributed by atoms with Crippen molar-refractivity contribution in [2.75, 3.05) is 5.33 Å². The maximum Gasteiger partial charge on any atom is 0.119 e. The van der Waals surface area contributed by atoms with Crippen LogP contribution < -0.4 is 0 Å². The van der Waals surface area contributed by atoms with E-state index in [4.69, 9.17) is 9.47 Å². The van der Waals surface area contributed by atoms with Gasteiger partial charge < -0.3 is 9.47 Å². The molecular formula is C15H24Br2O2. The Morgan fingerprint density at radius 1 is 1.16 bits per heavy atom. The largest absolute Gasteiger partial charge is 0.368 e. The molecular weight excluding hydrogens is 372 g/mol. The van der Waals surface area contributed by atoms with Gasteiger partial charge in [-0.1, -0.05) is 45.7 Å². The topological polar surface area (TPSA) is 21.8 Å². The van der Waals surface area contributed by atoms with Crippen molar-refractivity contribution in [2.24, 2.45) is 11.3 Å². The fourth-order valence-corrected chi connectivity index (χ4v) is 5.66. The Morgan fingerprint density at radius 3 is 2.47 bits per heavy atom. The van der Waals surface area contributed by atoms with Crippen LogP contribution in [0.15, 0.2) is 0 Å². The monoisotopic (exact) mass is 394 g/mol. The van der Waals surface area contributed by atoms with Crippen LogP contribution in [-0.2, 0) is 9.47 Å². The minimum absolute atomic E-state index is 0.00794.